The van der Waals surface area contributed by atoms with Gasteiger partial charge in [0, 0.05) is 32.8 Å². The number of anilines is 3. The molecular weight excluding hydrogens is 893 g/mol. The maximum absolute atomic E-state index is 2.53. The molecule has 0 aliphatic carbocycles. The molecule has 13 aromatic rings. The van der Waals surface area contributed by atoms with Gasteiger partial charge in [-0.05, 0) is 137 Å². The Morgan fingerprint density at radius 1 is 0.311 bits per heavy atom. The van der Waals surface area contributed by atoms with Gasteiger partial charge in [-0.1, -0.05) is 230 Å². The highest BCUT2D eigenvalue weighted by Gasteiger charge is 2.25. The molecule has 13 rings (SSSR count). The second-order valence-corrected chi connectivity index (χ2v) is 22.1. The fourth-order valence-electron chi connectivity index (χ4n) is 11.6. The Labute approximate surface area is 434 Å². The lowest BCUT2D eigenvalue weighted by atomic mass is 9.85. The van der Waals surface area contributed by atoms with Crippen molar-refractivity contribution in [2.45, 2.75) is 52.4 Å². The third-order valence-corrected chi connectivity index (χ3v) is 15.5. The Hall–Kier alpha value is -8.72. The molecule has 1 heterocycles. The molecule has 2 heteroatoms. The molecule has 0 saturated carbocycles. The van der Waals surface area contributed by atoms with Crippen molar-refractivity contribution in [2.75, 3.05) is 4.90 Å². The van der Waals surface area contributed by atoms with Crippen molar-refractivity contribution in [1.29, 1.82) is 0 Å². The minimum Gasteiger partial charge on any atom is -0.309 e. The summed E-state index contributed by atoms with van der Waals surface area (Å²) in [5.74, 6) is 0. The summed E-state index contributed by atoms with van der Waals surface area (Å²) in [6.07, 6.45) is 0. The Morgan fingerprint density at radius 2 is 0.784 bits per heavy atom. The lowest BCUT2D eigenvalue weighted by Gasteiger charge is -2.30. The molecule has 0 radical (unpaired) electrons. The van der Waals surface area contributed by atoms with Crippen molar-refractivity contribution in [3.05, 3.63) is 254 Å². The summed E-state index contributed by atoms with van der Waals surface area (Å²) in [7, 11) is 0. The van der Waals surface area contributed by atoms with E-state index < -0.39 is 0 Å². The van der Waals surface area contributed by atoms with Crippen LogP contribution in [0.2, 0.25) is 0 Å². The maximum Gasteiger partial charge on any atom is 0.0541 e. The SMILES string of the molecule is CC(C)(C)c1ccc2c(c1)c1cc(C(C)(C)C)ccc1n2-c1ccc2ccc3c(N(c4cccc(-c5ccccc5-c5ccccc5)c4)c4ccccc4-c4ccc(-c5ccccc5)cc4)ccc4ccc1c2c43. The number of benzene rings is 12. The zero-order valence-electron chi connectivity index (χ0n) is 43.0. The summed E-state index contributed by atoms with van der Waals surface area (Å²) < 4.78 is 2.53. The average molecular weight is 951 g/mol. The van der Waals surface area contributed by atoms with Crippen LogP contribution in [-0.4, -0.2) is 4.57 Å². The van der Waals surface area contributed by atoms with Crippen molar-refractivity contribution in [3.8, 4) is 50.2 Å². The summed E-state index contributed by atoms with van der Waals surface area (Å²) in [4.78, 5) is 2.51. The third-order valence-electron chi connectivity index (χ3n) is 15.5. The molecule has 0 atom stereocenters. The second-order valence-electron chi connectivity index (χ2n) is 22.1. The molecule has 0 N–H and O–H groups in total. The van der Waals surface area contributed by atoms with Crippen LogP contribution in [0.15, 0.2) is 243 Å². The monoisotopic (exact) mass is 950 g/mol. The van der Waals surface area contributed by atoms with Crippen LogP contribution in [0.3, 0.4) is 0 Å². The predicted molar refractivity (Wildman–Crippen MR) is 318 cm³/mol. The van der Waals surface area contributed by atoms with Gasteiger partial charge in [0.2, 0.25) is 0 Å². The van der Waals surface area contributed by atoms with Crippen LogP contribution in [0, 0.1) is 0 Å². The van der Waals surface area contributed by atoms with Crippen molar-refractivity contribution >= 4 is 71.2 Å². The zero-order chi connectivity index (χ0) is 50.3. The zero-order valence-corrected chi connectivity index (χ0v) is 43.0. The lowest BCUT2D eigenvalue weighted by Crippen LogP contribution is -2.12. The van der Waals surface area contributed by atoms with Crippen LogP contribution in [0.1, 0.15) is 52.7 Å². The minimum atomic E-state index is 0.0182. The molecule has 356 valence electrons. The minimum absolute atomic E-state index is 0.0182. The van der Waals surface area contributed by atoms with E-state index in [1.54, 1.807) is 0 Å². The van der Waals surface area contributed by atoms with E-state index in [-0.39, 0.29) is 10.8 Å². The fourth-order valence-corrected chi connectivity index (χ4v) is 11.6. The topological polar surface area (TPSA) is 8.17 Å². The van der Waals surface area contributed by atoms with Crippen molar-refractivity contribution in [2.24, 2.45) is 0 Å². The molecule has 2 nitrogen and oxygen atoms in total. The largest absolute Gasteiger partial charge is 0.309 e. The van der Waals surface area contributed by atoms with Gasteiger partial charge in [-0.25, -0.2) is 0 Å². The van der Waals surface area contributed by atoms with Gasteiger partial charge < -0.3 is 9.47 Å². The van der Waals surface area contributed by atoms with Gasteiger partial charge in [0.25, 0.3) is 0 Å². The third kappa shape index (κ3) is 7.64. The average Bonchev–Trinajstić information content (AvgIpc) is 3.76. The first-order valence-corrected chi connectivity index (χ1v) is 26.1. The molecule has 0 aliphatic heterocycles. The summed E-state index contributed by atoms with van der Waals surface area (Å²) in [6.45, 7) is 13.9. The van der Waals surface area contributed by atoms with Crippen molar-refractivity contribution in [3.63, 3.8) is 0 Å². The van der Waals surface area contributed by atoms with Crippen molar-refractivity contribution < 1.29 is 0 Å². The molecule has 0 aliphatic rings. The van der Waals surface area contributed by atoms with Gasteiger partial charge in [0.05, 0.1) is 28.1 Å². The van der Waals surface area contributed by atoms with E-state index in [0.29, 0.717) is 0 Å². The van der Waals surface area contributed by atoms with Crippen LogP contribution < -0.4 is 4.90 Å². The van der Waals surface area contributed by atoms with Gasteiger partial charge in [-0.15, -0.1) is 0 Å². The highest BCUT2D eigenvalue weighted by Crippen LogP contribution is 2.49. The number of aromatic nitrogens is 1. The van der Waals surface area contributed by atoms with E-state index in [9.17, 15) is 0 Å². The molecule has 74 heavy (non-hydrogen) atoms. The van der Waals surface area contributed by atoms with Crippen molar-refractivity contribution in [1.82, 2.24) is 4.57 Å². The van der Waals surface area contributed by atoms with Gasteiger partial charge in [0.1, 0.15) is 0 Å². The lowest BCUT2D eigenvalue weighted by molar-refractivity contribution is 0.590. The molecule has 0 spiro atoms. The normalized spacial score (nSPS) is 12.2. The van der Waals surface area contributed by atoms with E-state index in [4.69, 9.17) is 0 Å². The standard InChI is InChI=1S/C72H58N2/c1-71(2,3)54-36-42-67-62(45-54)63-46-55(72(4,5)6)37-43-68(63)74(67)66-41-35-52-32-38-60-65(40-34-51-33-39-61(66)70(52)69(51)60)73(56-23-17-22-53(44-56)58-25-14-13-24-57(58)49-20-11-8-12-21-49)64-27-16-15-26-59(64)50-30-28-48(29-31-50)47-18-9-7-10-19-47/h7-46H,1-6H3. The summed E-state index contributed by atoms with van der Waals surface area (Å²) >= 11 is 0. The number of hydrogen-bond acceptors (Lipinski definition) is 1. The van der Waals surface area contributed by atoms with Gasteiger partial charge in [0.15, 0.2) is 0 Å². The number of para-hydroxylation sites is 1. The Bertz CT molecular complexity index is 4170. The van der Waals surface area contributed by atoms with E-state index >= 15 is 0 Å². The number of fused-ring (bicyclic) bond motifs is 3. The molecule has 0 amide bonds. The predicted octanol–water partition coefficient (Wildman–Crippen LogP) is 20.4. The molecule has 12 aromatic carbocycles. The Morgan fingerprint density at radius 3 is 1.42 bits per heavy atom. The van der Waals surface area contributed by atoms with Crippen LogP contribution in [0.4, 0.5) is 17.1 Å². The van der Waals surface area contributed by atoms with Gasteiger partial charge >= 0.3 is 0 Å². The highest BCUT2D eigenvalue weighted by atomic mass is 15.1. The van der Waals surface area contributed by atoms with E-state index in [0.717, 1.165) is 33.8 Å². The number of hydrogen-bond donors (Lipinski definition) is 0. The molecule has 0 bridgehead atoms. The Balaban J connectivity index is 1.05. The quantitative estimate of drug-likeness (QED) is 0.138. The van der Waals surface area contributed by atoms with Crippen LogP contribution in [0.25, 0.3) is 104 Å². The van der Waals surface area contributed by atoms with Gasteiger partial charge in [-0.3, -0.25) is 0 Å². The first-order chi connectivity index (χ1) is 36.0. The first kappa shape index (κ1) is 45.2. The van der Waals surface area contributed by atoms with Crippen LogP contribution in [0.5, 0.6) is 0 Å². The summed E-state index contributed by atoms with van der Waals surface area (Å²) in [5.41, 5.74) is 19.2. The number of nitrogens with zero attached hydrogens (tertiary/aromatic N) is 2. The molecule has 0 saturated heterocycles. The van der Waals surface area contributed by atoms with E-state index in [2.05, 4.69) is 294 Å². The Kier molecular flexibility index (Phi) is 10.7. The van der Waals surface area contributed by atoms with E-state index in [1.165, 1.54) is 98.8 Å². The summed E-state index contributed by atoms with van der Waals surface area (Å²) in [6, 6.07) is 90.4. The number of rotatable bonds is 8. The smallest absolute Gasteiger partial charge is 0.0541 e. The molecule has 0 unspecified atom stereocenters. The van der Waals surface area contributed by atoms with Crippen LogP contribution >= 0.6 is 0 Å². The molecule has 0 fully saturated rings. The molecular formula is C72H58N2. The highest BCUT2D eigenvalue weighted by molar-refractivity contribution is 6.27. The van der Waals surface area contributed by atoms with Gasteiger partial charge in [-0.2, -0.15) is 0 Å². The van der Waals surface area contributed by atoms with Crippen LogP contribution in [-0.2, 0) is 10.8 Å². The fraction of sp³-hybridized carbons (Fsp3) is 0.111. The first-order valence-electron chi connectivity index (χ1n) is 26.1. The second kappa shape index (κ2) is 17.5. The maximum atomic E-state index is 2.53. The van der Waals surface area contributed by atoms with E-state index in [1.807, 2.05) is 0 Å². The summed E-state index contributed by atoms with van der Waals surface area (Å²) in [5, 5.41) is 10.0. The molecule has 1 aromatic heterocycles.